The van der Waals surface area contributed by atoms with Crippen LogP contribution >= 0.6 is 0 Å². The molecule has 0 aliphatic heterocycles. The highest BCUT2D eigenvalue weighted by atomic mass is 16.5. The van der Waals surface area contributed by atoms with Crippen LogP contribution in [0.25, 0.3) is 0 Å². The van der Waals surface area contributed by atoms with E-state index in [-0.39, 0.29) is 0 Å². The lowest BCUT2D eigenvalue weighted by atomic mass is 9.81. The minimum atomic E-state index is 0.447. The number of likely N-dealkylation sites (N-methyl/N-ethyl adjacent to an activating group) is 1. The second kappa shape index (κ2) is 8.10. The Hall–Kier alpha value is -0.0800. The summed E-state index contributed by atoms with van der Waals surface area (Å²) in [6.07, 6.45) is 7.07. The molecule has 0 radical (unpaired) electrons. The molecule has 2 heteroatoms. The second-order valence-electron chi connectivity index (χ2n) is 5.90. The average Bonchev–Trinajstić information content (AvgIpc) is 2.29. The molecule has 1 fully saturated rings. The fourth-order valence-electron chi connectivity index (χ4n) is 2.88. The van der Waals surface area contributed by atoms with E-state index in [2.05, 4.69) is 33.0 Å². The number of hydrogen-bond acceptors (Lipinski definition) is 2. The molecule has 3 atom stereocenters. The van der Waals surface area contributed by atoms with E-state index in [4.69, 9.17) is 4.74 Å². The van der Waals surface area contributed by atoms with E-state index >= 15 is 0 Å². The van der Waals surface area contributed by atoms with Crippen molar-refractivity contribution >= 4 is 0 Å². The molecule has 17 heavy (non-hydrogen) atoms. The van der Waals surface area contributed by atoms with Crippen LogP contribution in [0.3, 0.4) is 0 Å². The van der Waals surface area contributed by atoms with Crippen molar-refractivity contribution in [2.24, 2.45) is 11.8 Å². The summed E-state index contributed by atoms with van der Waals surface area (Å²) in [5.41, 5.74) is 0. The third-order valence-corrected chi connectivity index (χ3v) is 3.71. The molecule has 0 spiro atoms. The lowest BCUT2D eigenvalue weighted by Crippen LogP contribution is -2.46. The monoisotopic (exact) mass is 241 g/mol. The van der Waals surface area contributed by atoms with Gasteiger partial charge in [-0.05, 0) is 37.6 Å². The number of hydrogen-bond donors (Lipinski definition) is 1. The van der Waals surface area contributed by atoms with E-state index in [0.29, 0.717) is 18.1 Å². The van der Waals surface area contributed by atoms with Crippen LogP contribution in [-0.2, 0) is 4.74 Å². The van der Waals surface area contributed by atoms with Crippen LogP contribution in [0.15, 0.2) is 0 Å². The van der Waals surface area contributed by atoms with Gasteiger partial charge in [0.15, 0.2) is 0 Å². The normalized spacial score (nSPS) is 29.8. The van der Waals surface area contributed by atoms with Crippen molar-refractivity contribution in [2.75, 3.05) is 13.2 Å². The van der Waals surface area contributed by atoms with Crippen molar-refractivity contribution in [3.63, 3.8) is 0 Å². The second-order valence-corrected chi connectivity index (χ2v) is 5.90. The molecule has 0 bridgehead atoms. The number of ether oxygens (including phenoxy) is 1. The standard InChI is InChI=1S/C15H31NO/c1-5-7-13-8-9-14(16-6-2)15(10-13)17-11-12(3)4/h12-16H,5-11H2,1-4H3. The molecule has 3 unspecified atom stereocenters. The van der Waals surface area contributed by atoms with E-state index in [1.807, 2.05) is 0 Å². The van der Waals surface area contributed by atoms with Gasteiger partial charge in [0.2, 0.25) is 0 Å². The first-order valence-corrected chi connectivity index (χ1v) is 7.52. The van der Waals surface area contributed by atoms with Gasteiger partial charge in [-0.25, -0.2) is 0 Å². The Morgan fingerprint density at radius 3 is 2.59 bits per heavy atom. The topological polar surface area (TPSA) is 21.3 Å². The van der Waals surface area contributed by atoms with E-state index < -0.39 is 0 Å². The molecule has 0 aromatic heterocycles. The Kier molecular flexibility index (Phi) is 7.14. The lowest BCUT2D eigenvalue weighted by molar-refractivity contribution is -0.0219. The van der Waals surface area contributed by atoms with Crippen LogP contribution in [0.1, 0.15) is 59.8 Å². The van der Waals surface area contributed by atoms with Gasteiger partial charge >= 0.3 is 0 Å². The maximum Gasteiger partial charge on any atom is 0.0730 e. The predicted molar refractivity (Wildman–Crippen MR) is 74.3 cm³/mol. The third-order valence-electron chi connectivity index (χ3n) is 3.71. The van der Waals surface area contributed by atoms with Crippen LogP contribution in [-0.4, -0.2) is 25.3 Å². The molecule has 1 saturated carbocycles. The zero-order valence-electron chi connectivity index (χ0n) is 12.2. The molecule has 1 aliphatic rings. The predicted octanol–water partition coefficient (Wildman–Crippen LogP) is 3.61. The first-order valence-electron chi connectivity index (χ1n) is 7.52. The van der Waals surface area contributed by atoms with Crippen LogP contribution in [0, 0.1) is 11.8 Å². The first kappa shape index (κ1) is 15.0. The average molecular weight is 241 g/mol. The van der Waals surface area contributed by atoms with Crippen molar-refractivity contribution in [1.29, 1.82) is 0 Å². The number of nitrogens with one attached hydrogen (secondary N) is 1. The highest BCUT2D eigenvalue weighted by Gasteiger charge is 2.30. The Morgan fingerprint density at radius 1 is 1.24 bits per heavy atom. The van der Waals surface area contributed by atoms with Crippen LogP contribution < -0.4 is 5.32 Å². The van der Waals surface area contributed by atoms with Gasteiger partial charge in [-0.2, -0.15) is 0 Å². The highest BCUT2D eigenvalue weighted by molar-refractivity contribution is 4.85. The van der Waals surface area contributed by atoms with Crippen LogP contribution in [0.4, 0.5) is 0 Å². The van der Waals surface area contributed by atoms with Gasteiger partial charge < -0.3 is 10.1 Å². The first-order chi connectivity index (χ1) is 8.17. The van der Waals surface area contributed by atoms with Gasteiger partial charge in [-0.3, -0.25) is 0 Å². The molecular weight excluding hydrogens is 210 g/mol. The summed E-state index contributed by atoms with van der Waals surface area (Å²) >= 11 is 0. The van der Waals surface area contributed by atoms with E-state index in [9.17, 15) is 0 Å². The van der Waals surface area contributed by atoms with E-state index in [1.165, 1.54) is 32.1 Å². The summed E-state index contributed by atoms with van der Waals surface area (Å²) in [7, 11) is 0. The van der Waals surface area contributed by atoms with Gasteiger partial charge in [0.25, 0.3) is 0 Å². The molecule has 0 amide bonds. The molecule has 1 aliphatic carbocycles. The van der Waals surface area contributed by atoms with E-state index in [1.54, 1.807) is 0 Å². The maximum atomic E-state index is 6.12. The van der Waals surface area contributed by atoms with Crippen molar-refractivity contribution in [3.8, 4) is 0 Å². The van der Waals surface area contributed by atoms with Gasteiger partial charge in [0, 0.05) is 12.6 Å². The fraction of sp³-hybridized carbons (Fsp3) is 1.00. The molecule has 1 rings (SSSR count). The molecule has 102 valence electrons. The Balaban J connectivity index is 2.43. The largest absolute Gasteiger partial charge is 0.376 e. The SMILES string of the molecule is CCCC1CCC(NCC)C(OCC(C)C)C1. The van der Waals surface area contributed by atoms with Crippen molar-refractivity contribution < 1.29 is 4.74 Å². The zero-order valence-corrected chi connectivity index (χ0v) is 12.2. The third kappa shape index (κ3) is 5.39. The Bertz CT molecular complexity index is 193. The van der Waals surface area contributed by atoms with Crippen molar-refractivity contribution in [3.05, 3.63) is 0 Å². The summed E-state index contributed by atoms with van der Waals surface area (Å²) < 4.78 is 6.12. The maximum absolute atomic E-state index is 6.12. The molecular formula is C15H31NO. The van der Waals surface area contributed by atoms with Gasteiger partial charge in [0.05, 0.1) is 6.10 Å². The zero-order chi connectivity index (χ0) is 12.7. The van der Waals surface area contributed by atoms with Crippen molar-refractivity contribution in [1.82, 2.24) is 5.32 Å². The summed E-state index contributed by atoms with van der Waals surface area (Å²) in [5.74, 6) is 1.54. The van der Waals surface area contributed by atoms with E-state index in [0.717, 1.165) is 19.1 Å². The van der Waals surface area contributed by atoms with Gasteiger partial charge in [0.1, 0.15) is 0 Å². The molecule has 0 saturated heterocycles. The van der Waals surface area contributed by atoms with Crippen LogP contribution in [0.2, 0.25) is 0 Å². The minimum absolute atomic E-state index is 0.447. The van der Waals surface area contributed by atoms with Gasteiger partial charge in [-0.15, -0.1) is 0 Å². The van der Waals surface area contributed by atoms with Crippen molar-refractivity contribution in [2.45, 2.75) is 71.9 Å². The molecule has 0 heterocycles. The molecule has 1 N–H and O–H groups in total. The fourth-order valence-corrected chi connectivity index (χ4v) is 2.88. The Morgan fingerprint density at radius 2 is 2.00 bits per heavy atom. The molecule has 2 nitrogen and oxygen atoms in total. The number of rotatable bonds is 7. The Labute approximate surface area is 108 Å². The quantitative estimate of drug-likeness (QED) is 0.735. The van der Waals surface area contributed by atoms with Crippen LogP contribution in [0.5, 0.6) is 0 Å². The minimum Gasteiger partial charge on any atom is -0.376 e. The highest BCUT2D eigenvalue weighted by Crippen LogP contribution is 2.30. The summed E-state index contributed by atoms with van der Waals surface area (Å²) in [6, 6.07) is 0.590. The summed E-state index contributed by atoms with van der Waals surface area (Å²) in [6.45, 7) is 10.9. The lowest BCUT2D eigenvalue weighted by Gasteiger charge is -2.37. The molecule has 0 aromatic rings. The molecule has 0 aromatic carbocycles. The summed E-state index contributed by atoms with van der Waals surface area (Å²) in [4.78, 5) is 0. The smallest absolute Gasteiger partial charge is 0.0730 e. The summed E-state index contributed by atoms with van der Waals surface area (Å²) in [5, 5.41) is 3.60. The van der Waals surface area contributed by atoms with Gasteiger partial charge in [-0.1, -0.05) is 40.5 Å².